The maximum absolute atomic E-state index is 13.6. The van der Waals surface area contributed by atoms with Crippen LogP contribution in [0.1, 0.15) is 12.5 Å². The second-order valence-corrected chi connectivity index (χ2v) is 18.8. The first-order valence-corrected chi connectivity index (χ1v) is 21.2. The van der Waals surface area contributed by atoms with Gasteiger partial charge in [0.15, 0.2) is 12.5 Å². The quantitative estimate of drug-likeness (QED) is 0.117. The average Bonchev–Trinajstić information content (AvgIpc) is 3.67. The zero-order valence-electron chi connectivity index (χ0n) is 23.3. The molecule has 0 radical (unpaired) electrons. The summed E-state index contributed by atoms with van der Waals surface area (Å²) in [5.74, 6) is 0. The van der Waals surface area contributed by atoms with Gasteiger partial charge in [-0.05, 0) is 47.5 Å². The second kappa shape index (κ2) is 13.4. The first kappa shape index (κ1) is 36.3. The first-order valence-electron chi connectivity index (χ1n) is 13.6. The largest absolute Gasteiger partial charge is 0.386 e. The smallest absolute Gasteiger partial charge is 0.386 e. The van der Waals surface area contributed by atoms with Gasteiger partial charge in [-0.3, -0.25) is 27.2 Å². The van der Waals surface area contributed by atoms with Crippen LogP contribution in [0, 0.1) is 0 Å². The highest BCUT2D eigenvalue weighted by Gasteiger charge is 2.53. The van der Waals surface area contributed by atoms with Crippen molar-refractivity contribution in [1.29, 1.82) is 0 Å². The number of aromatic nitrogens is 4. The van der Waals surface area contributed by atoms with Gasteiger partial charge in [0.2, 0.25) is 10.6 Å². The van der Waals surface area contributed by atoms with Crippen LogP contribution in [0.15, 0.2) is 24.3 Å². The van der Waals surface area contributed by atoms with Gasteiger partial charge in [-0.15, -0.1) is 0 Å². The lowest BCUT2D eigenvalue weighted by Crippen LogP contribution is -2.38. The van der Waals surface area contributed by atoms with Crippen LogP contribution in [-0.4, -0.2) is 79.2 Å². The number of aliphatic hydroxyl groups is 2. The Hall–Kier alpha value is -0.0400. The van der Waals surface area contributed by atoms with Gasteiger partial charge in [-0.25, -0.2) is 19.1 Å². The number of ether oxygens (including phenoxy) is 2. The molecule has 0 amide bonds. The number of thiol groups is 2. The molecule has 10 atom stereocenters. The fourth-order valence-corrected chi connectivity index (χ4v) is 9.87. The van der Waals surface area contributed by atoms with Gasteiger partial charge in [0, 0.05) is 0 Å². The molecule has 6 unspecified atom stereocenters. The minimum atomic E-state index is -4.35. The SMILES string of the molecule is O=P1(S)OC[C@H]2O[C@@H](n3c(Cl)nc4cc(Cl)c(Cl)cc43)C(O)C2OP(=O)(S)OC[C@H]2O[C@@H](n3c(Cl)nc4cc(Cl)c(Cl)cc43)C(O)C2O1. The molecule has 3 aliphatic rings. The summed E-state index contributed by atoms with van der Waals surface area (Å²) in [5.41, 5.74) is 1.36. The van der Waals surface area contributed by atoms with Crippen LogP contribution in [-0.2, 0) is 36.7 Å². The predicted molar refractivity (Wildman–Crippen MR) is 184 cm³/mol. The Morgan fingerprint density at radius 1 is 0.667 bits per heavy atom. The van der Waals surface area contributed by atoms with Crippen molar-refractivity contribution in [2.75, 3.05) is 13.2 Å². The van der Waals surface area contributed by atoms with Crippen molar-refractivity contribution < 1.29 is 46.9 Å². The topological polar surface area (TPSA) is 166 Å². The van der Waals surface area contributed by atoms with E-state index in [1.54, 1.807) is 0 Å². The molecule has 48 heavy (non-hydrogen) atoms. The van der Waals surface area contributed by atoms with Gasteiger partial charge in [-0.1, -0.05) is 70.9 Å². The minimum absolute atomic E-state index is 0.108. The molecule has 7 rings (SSSR count). The lowest BCUT2D eigenvalue weighted by atomic mass is 10.1. The van der Waals surface area contributed by atoms with Crippen molar-refractivity contribution in [3.8, 4) is 0 Å². The van der Waals surface area contributed by atoms with E-state index >= 15 is 0 Å². The van der Waals surface area contributed by atoms with Crippen molar-refractivity contribution in [3.05, 3.63) is 54.9 Å². The number of halogens is 6. The van der Waals surface area contributed by atoms with Crippen LogP contribution < -0.4 is 0 Å². The van der Waals surface area contributed by atoms with E-state index in [0.717, 1.165) is 0 Å². The van der Waals surface area contributed by atoms with Gasteiger partial charge in [0.1, 0.15) is 36.6 Å². The number of hydrogen-bond acceptors (Lipinski definition) is 12. The Balaban J connectivity index is 1.18. The Morgan fingerprint density at radius 2 is 1.02 bits per heavy atom. The molecule has 3 aliphatic heterocycles. The molecule has 3 saturated heterocycles. The Kier molecular flexibility index (Phi) is 10.2. The summed E-state index contributed by atoms with van der Waals surface area (Å²) in [7, 11) is 0. The van der Waals surface area contributed by atoms with E-state index in [4.69, 9.17) is 97.2 Å². The molecule has 2 N–H and O–H groups in total. The zero-order valence-corrected chi connectivity index (χ0v) is 31.5. The molecule has 24 heteroatoms. The first-order chi connectivity index (χ1) is 22.5. The molecular formula is C24H20Cl6N4O10P2S2. The summed E-state index contributed by atoms with van der Waals surface area (Å²) in [4.78, 5) is 8.47. The van der Waals surface area contributed by atoms with E-state index in [1.165, 1.54) is 33.4 Å². The van der Waals surface area contributed by atoms with Crippen molar-refractivity contribution in [2.45, 2.75) is 49.1 Å². The Morgan fingerprint density at radius 3 is 1.40 bits per heavy atom. The number of hydrogen-bond donors (Lipinski definition) is 4. The second-order valence-electron chi connectivity index (χ2n) is 10.8. The normalized spacial score (nSPS) is 36.2. The summed E-state index contributed by atoms with van der Waals surface area (Å²) < 4.78 is 64.3. The van der Waals surface area contributed by atoms with Crippen molar-refractivity contribution >= 4 is 130 Å². The number of benzene rings is 2. The number of aliphatic hydroxyl groups excluding tert-OH is 2. The monoisotopic (exact) mass is 860 g/mol. The molecule has 0 bridgehead atoms. The number of imidazole rings is 2. The minimum Gasteiger partial charge on any atom is -0.386 e. The van der Waals surface area contributed by atoms with E-state index in [1.807, 2.05) is 0 Å². The third-order valence-electron chi connectivity index (χ3n) is 7.82. The summed E-state index contributed by atoms with van der Waals surface area (Å²) >= 11 is 45.7. The number of fused-ring (bicyclic) bond motifs is 4. The Labute approximate surface area is 311 Å². The molecule has 2 aromatic carbocycles. The summed E-state index contributed by atoms with van der Waals surface area (Å²) in [6, 6.07) is 5.89. The van der Waals surface area contributed by atoms with E-state index < -0.39 is 75.9 Å². The highest BCUT2D eigenvalue weighted by atomic mass is 35.5. The third-order valence-corrected chi connectivity index (χ3v) is 13.0. The zero-order chi connectivity index (χ0) is 34.4. The molecular weight excluding hydrogens is 843 g/mol. The molecule has 0 aliphatic carbocycles. The van der Waals surface area contributed by atoms with Crippen molar-refractivity contribution in [3.63, 3.8) is 0 Å². The fourth-order valence-electron chi connectivity index (χ4n) is 5.70. The number of rotatable bonds is 2. The summed E-state index contributed by atoms with van der Waals surface area (Å²) in [5, 5.41) is 23.4. The van der Waals surface area contributed by atoms with Crippen LogP contribution >= 0.6 is 108 Å². The lowest BCUT2D eigenvalue weighted by molar-refractivity contribution is -0.0558. The third kappa shape index (κ3) is 6.68. The standard InChI is InChI=1S/C24H20Cl6N4O10P2S2/c25-7-1-11-13(3-9(7)27)33(23(29)31-11)21-17(35)19-15(41-21)5-39-46(38,48)44-20-16(6-40-45(37,47)43-19)42-22(18(20)36)34-14-4-10(28)8(26)2-12(14)32-24(34)30/h1-4,15-22,35-36H,5-6H2,(H,37,47)(H,38,48)/t15-,16-,17?,18?,19?,20?,21-,22-,45?,46?/m1/s1. The maximum Gasteiger partial charge on any atom is 0.386 e. The summed E-state index contributed by atoms with van der Waals surface area (Å²) in [6.45, 7) is -9.86. The number of nitrogens with zero attached hydrogens (tertiary/aromatic N) is 4. The van der Waals surface area contributed by atoms with E-state index in [-0.39, 0.29) is 30.7 Å². The van der Waals surface area contributed by atoms with E-state index in [2.05, 4.69) is 34.5 Å². The van der Waals surface area contributed by atoms with Crippen LogP contribution in [0.2, 0.25) is 30.7 Å². The highest BCUT2D eigenvalue weighted by molar-refractivity contribution is 8.44. The lowest BCUT2D eigenvalue weighted by Gasteiger charge is -2.28. The van der Waals surface area contributed by atoms with Crippen LogP contribution in [0.25, 0.3) is 22.1 Å². The van der Waals surface area contributed by atoms with Crippen molar-refractivity contribution in [1.82, 2.24) is 19.1 Å². The van der Waals surface area contributed by atoms with Crippen LogP contribution in [0.3, 0.4) is 0 Å². The molecule has 260 valence electrons. The molecule has 4 aromatic rings. The van der Waals surface area contributed by atoms with Crippen LogP contribution in [0.4, 0.5) is 0 Å². The van der Waals surface area contributed by atoms with Crippen LogP contribution in [0.5, 0.6) is 0 Å². The molecule has 14 nitrogen and oxygen atoms in total. The highest BCUT2D eigenvalue weighted by Crippen LogP contribution is 2.60. The molecule has 0 saturated carbocycles. The van der Waals surface area contributed by atoms with Crippen molar-refractivity contribution in [2.24, 2.45) is 0 Å². The summed E-state index contributed by atoms with van der Waals surface area (Å²) in [6.07, 6.45) is -11.2. The van der Waals surface area contributed by atoms with Gasteiger partial charge >= 0.3 is 13.6 Å². The maximum atomic E-state index is 13.6. The van der Waals surface area contributed by atoms with Gasteiger partial charge in [-0.2, -0.15) is 0 Å². The van der Waals surface area contributed by atoms with Gasteiger partial charge in [0.25, 0.3) is 0 Å². The fraction of sp³-hybridized carbons (Fsp3) is 0.417. The molecule has 3 fully saturated rings. The Bertz CT molecular complexity index is 1900. The van der Waals surface area contributed by atoms with E-state index in [0.29, 0.717) is 22.1 Å². The molecule has 2 aromatic heterocycles. The molecule has 5 heterocycles. The van der Waals surface area contributed by atoms with E-state index in [9.17, 15) is 19.3 Å². The molecule has 0 spiro atoms. The van der Waals surface area contributed by atoms with Gasteiger partial charge in [0.05, 0.1) is 55.4 Å². The average molecular weight is 863 g/mol. The predicted octanol–water partition coefficient (Wildman–Crippen LogP) is 7.42. The van der Waals surface area contributed by atoms with Gasteiger partial charge < -0.3 is 19.7 Å².